The van der Waals surface area contributed by atoms with Crippen LogP contribution >= 0.6 is 22.9 Å². The second-order valence-electron chi connectivity index (χ2n) is 3.36. The maximum absolute atomic E-state index is 10.1. The number of aliphatic hydroxyl groups is 2. The fourth-order valence-corrected chi connectivity index (χ4v) is 2.54. The Hall–Kier alpha value is -0.0900. The molecule has 80 valence electrons. The molecule has 4 heteroatoms. The van der Waals surface area contributed by atoms with Crippen LogP contribution in [-0.2, 0) is 0 Å². The summed E-state index contributed by atoms with van der Waals surface area (Å²) in [5.74, 6) is 0. The summed E-state index contributed by atoms with van der Waals surface area (Å²) in [7, 11) is 0. The first-order valence-corrected chi connectivity index (χ1v) is 5.88. The van der Waals surface area contributed by atoms with Gasteiger partial charge >= 0.3 is 0 Å². The van der Waals surface area contributed by atoms with E-state index in [1.54, 1.807) is 12.1 Å². The lowest BCUT2D eigenvalue weighted by molar-refractivity contribution is -0.0804. The lowest BCUT2D eigenvalue weighted by atomic mass is 9.90. The van der Waals surface area contributed by atoms with Crippen LogP contribution in [0.25, 0.3) is 0 Å². The van der Waals surface area contributed by atoms with E-state index >= 15 is 0 Å². The van der Waals surface area contributed by atoms with Crippen LogP contribution < -0.4 is 0 Å². The SMILES string of the molecule is CCC(O)(CC)C(O)c1ccc(Cl)s1. The molecule has 0 fully saturated rings. The molecule has 0 saturated carbocycles. The molecule has 0 saturated heterocycles. The normalized spacial score (nSPS) is 14.4. The molecule has 0 amide bonds. The van der Waals surface area contributed by atoms with Gasteiger partial charge in [0, 0.05) is 4.88 Å². The van der Waals surface area contributed by atoms with E-state index < -0.39 is 11.7 Å². The van der Waals surface area contributed by atoms with Gasteiger partial charge < -0.3 is 10.2 Å². The molecule has 0 spiro atoms. The van der Waals surface area contributed by atoms with Crippen molar-refractivity contribution in [3.63, 3.8) is 0 Å². The molecule has 0 aliphatic carbocycles. The summed E-state index contributed by atoms with van der Waals surface area (Å²) in [6, 6.07) is 3.49. The minimum atomic E-state index is -1.03. The summed E-state index contributed by atoms with van der Waals surface area (Å²) in [4.78, 5) is 0.723. The van der Waals surface area contributed by atoms with Gasteiger partial charge in [-0.25, -0.2) is 0 Å². The van der Waals surface area contributed by atoms with E-state index in [2.05, 4.69) is 0 Å². The largest absolute Gasteiger partial charge is 0.387 e. The highest BCUT2D eigenvalue weighted by Crippen LogP contribution is 2.36. The molecular weight excluding hydrogens is 220 g/mol. The van der Waals surface area contributed by atoms with Gasteiger partial charge in [0.15, 0.2) is 0 Å². The zero-order chi connectivity index (χ0) is 10.8. The molecule has 1 heterocycles. The van der Waals surface area contributed by atoms with Gasteiger partial charge in [0.25, 0.3) is 0 Å². The van der Waals surface area contributed by atoms with Crippen LogP contribution in [0, 0.1) is 0 Å². The number of halogens is 1. The minimum absolute atomic E-state index is 0.528. The Morgan fingerprint density at radius 1 is 1.43 bits per heavy atom. The van der Waals surface area contributed by atoms with Crippen molar-refractivity contribution in [2.75, 3.05) is 0 Å². The fraction of sp³-hybridized carbons (Fsp3) is 0.600. The van der Waals surface area contributed by atoms with Gasteiger partial charge in [-0.1, -0.05) is 25.4 Å². The van der Waals surface area contributed by atoms with Gasteiger partial charge in [-0.2, -0.15) is 0 Å². The second kappa shape index (κ2) is 4.62. The number of hydrogen-bond donors (Lipinski definition) is 2. The first kappa shape index (κ1) is 12.0. The van der Waals surface area contributed by atoms with Crippen molar-refractivity contribution in [2.45, 2.75) is 38.4 Å². The summed E-state index contributed by atoms with van der Waals surface area (Å²) >= 11 is 7.08. The maximum Gasteiger partial charge on any atom is 0.117 e. The summed E-state index contributed by atoms with van der Waals surface area (Å²) in [6.45, 7) is 3.73. The molecule has 1 aromatic rings. The third-order valence-electron chi connectivity index (χ3n) is 2.60. The zero-order valence-corrected chi connectivity index (χ0v) is 9.90. The van der Waals surface area contributed by atoms with Crippen LogP contribution in [0.2, 0.25) is 4.34 Å². The molecule has 2 N–H and O–H groups in total. The highest BCUT2D eigenvalue weighted by atomic mass is 35.5. The van der Waals surface area contributed by atoms with Gasteiger partial charge in [0.1, 0.15) is 6.10 Å². The second-order valence-corrected chi connectivity index (χ2v) is 5.10. The Morgan fingerprint density at radius 2 is 2.00 bits per heavy atom. The number of hydrogen-bond acceptors (Lipinski definition) is 3. The summed E-state index contributed by atoms with van der Waals surface area (Å²) in [6.07, 6.45) is 0.218. The smallest absolute Gasteiger partial charge is 0.117 e. The van der Waals surface area contributed by atoms with E-state index in [0.717, 1.165) is 4.88 Å². The quantitative estimate of drug-likeness (QED) is 0.841. The maximum atomic E-state index is 10.1. The third-order valence-corrected chi connectivity index (χ3v) is 3.88. The van der Waals surface area contributed by atoms with Crippen molar-refractivity contribution in [3.8, 4) is 0 Å². The molecule has 0 bridgehead atoms. The molecule has 0 aromatic carbocycles. The Bertz CT molecular complexity index is 294. The lowest BCUT2D eigenvalue weighted by Gasteiger charge is -2.30. The molecule has 0 aliphatic heterocycles. The van der Waals surface area contributed by atoms with Gasteiger partial charge in [0.2, 0.25) is 0 Å². The average Bonchev–Trinajstić information content (AvgIpc) is 2.62. The molecule has 1 atom stereocenters. The van der Waals surface area contributed by atoms with Crippen LogP contribution in [0.3, 0.4) is 0 Å². The summed E-state index contributed by atoms with van der Waals surface area (Å²) in [5, 5.41) is 20.0. The molecule has 0 radical (unpaired) electrons. The van der Waals surface area contributed by atoms with E-state index in [-0.39, 0.29) is 0 Å². The predicted octanol–water partition coefficient (Wildman–Crippen LogP) is 2.99. The van der Waals surface area contributed by atoms with Crippen LogP contribution in [-0.4, -0.2) is 15.8 Å². The Kier molecular flexibility index (Phi) is 3.95. The molecular formula is C10H15ClO2S. The monoisotopic (exact) mass is 234 g/mol. The predicted molar refractivity (Wildman–Crippen MR) is 59.8 cm³/mol. The molecule has 14 heavy (non-hydrogen) atoms. The van der Waals surface area contributed by atoms with Gasteiger partial charge in [0.05, 0.1) is 9.94 Å². The topological polar surface area (TPSA) is 40.5 Å². The van der Waals surface area contributed by atoms with Crippen molar-refractivity contribution in [1.29, 1.82) is 0 Å². The lowest BCUT2D eigenvalue weighted by Crippen LogP contribution is -2.34. The average molecular weight is 235 g/mol. The van der Waals surface area contributed by atoms with E-state index in [9.17, 15) is 10.2 Å². The molecule has 1 unspecified atom stereocenters. The van der Waals surface area contributed by atoms with Gasteiger partial charge in [-0.05, 0) is 25.0 Å². The summed E-state index contributed by atoms with van der Waals surface area (Å²) < 4.78 is 0.633. The van der Waals surface area contributed by atoms with E-state index in [1.807, 2.05) is 13.8 Å². The van der Waals surface area contributed by atoms with Gasteiger partial charge in [-0.15, -0.1) is 11.3 Å². The van der Waals surface area contributed by atoms with Crippen LogP contribution in [0.15, 0.2) is 12.1 Å². The number of thiophene rings is 1. The van der Waals surface area contributed by atoms with Crippen molar-refractivity contribution < 1.29 is 10.2 Å². The molecule has 1 aromatic heterocycles. The highest BCUT2D eigenvalue weighted by molar-refractivity contribution is 7.16. The Balaban J connectivity index is 2.88. The van der Waals surface area contributed by atoms with E-state index in [0.29, 0.717) is 17.2 Å². The van der Waals surface area contributed by atoms with Crippen LogP contribution in [0.1, 0.15) is 37.7 Å². The molecule has 2 nitrogen and oxygen atoms in total. The van der Waals surface area contributed by atoms with E-state index in [1.165, 1.54) is 11.3 Å². The van der Waals surface area contributed by atoms with Crippen LogP contribution in [0.4, 0.5) is 0 Å². The van der Waals surface area contributed by atoms with Crippen molar-refractivity contribution in [2.24, 2.45) is 0 Å². The first-order valence-electron chi connectivity index (χ1n) is 4.69. The highest BCUT2D eigenvalue weighted by Gasteiger charge is 2.33. The van der Waals surface area contributed by atoms with Crippen LogP contribution in [0.5, 0.6) is 0 Å². The Morgan fingerprint density at radius 3 is 2.36 bits per heavy atom. The van der Waals surface area contributed by atoms with Gasteiger partial charge in [-0.3, -0.25) is 0 Å². The van der Waals surface area contributed by atoms with E-state index in [4.69, 9.17) is 11.6 Å². The molecule has 1 rings (SSSR count). The zero-order valence-electron chi connectivity index (χ0n) is 8.33. The number of rotatable bonds is 4. The minimum Gasteiger partial charge on any atom is -0.387 e. The fourth-order valence-electron chi connectivity index (χ4n) is 1.38. The standard InChI is InChI=1S/C10H15ClO2S/c1-3-10(13,4-2)9(12)7-5-6-8(11)14-7/h5-6,9,12-13H,3-4H2,1-2H3. The number of aliphatic hydroxyl groups excluding tert-OH is 1. The third kappa shape index (κ3) is 2.28. The van der Waals surface area contributed by atoms with Crippen molar-refractivity contribution >= 4 is 22.9 Å². The van der Waals surface area contributed by atoms with Crippen molar-refractivity contribution in [3.05, 3.63) is 21.3 Å². The molecule has 0 aliphatic rings. The first-order chi connectivity index (χ1) is 6.53. The summed E-state index contributed by atoms with van der Waals surface area (Å²) in [5.41, 5.74) is -1.03. The Labute approximate surface area is 93.2 Å². The van der Waals surface area contributed by atoms with Crippen molar-refractivity contribution in [1.82, 2.24) is 0 Å².